The number of benzene rings is 1. The molecule has 0 aliphatic carbocycles. The molecule has 0 aliphatic heterocycles. The summed E-state index contributed by atoms with van der Waals surface area (Å²) in [6, 6.07) is 5.31. The SMILES string of the molecule is CCC(C)n1c(O)c(C(=O)c2oc3ccc(F)cc3c2C)c(C)c(C#N)c1=O. The smallest absolute Gasteiger partial charge is 0.271 e. The summed E-state index contributed by atoms with van der Waals surface area (Å²) in [5.74, 6) is -1.71. The fraction of sp³-hybridized carbons (Fsp3) is 0.286. The van der Waals surface area contributed by atoms with Gasteiger partial charge in [0.05, 0.1) is 5.56 Å². The number of fused-ring (bicyclic) bond motifs is 1. The molecule has 0 saturated carbocycles. The molecule has 28 heavy (non-hydrogen) atoms. The molecule has 1 atom stereocenters. The average Bonchev–Trinajstić information content (AvgIpc) is 2.98. The Labute approximate surface area is 160 Å². The minimum Gasteiger partial charge on any atom is -0.494 e. The molecule has 1 unspecified atom stereocenters. The van der Waals surface area contributed by atoms with Crippen molar-refractivity contribution in [2.75, 3.05) is 0 Å². The van der Waals surface area contributed by atoms with Gasteiger partial charge >= 0.3 is 0 Å². The van der Waals surface area contributed by atoms with Gasteiger partial charge in [-0.15, -0.1) is 0 Å². The Morgan fingerprint density at radius 3 is 2.64 bits per heavy atom. The summed E-state index contributed by atoms with van der Waals surface area (Å²) in [6.07, 6.45) is 0.512. The van der Waals surface area contributed by atoms with Crippen molar-refractivity contribution >= 4 is 16.8 Å². The van der Waals surface area contributed by atoms with Gasteiger partial charge in [-0.1, -0.05) is 6.92 Å². The molecule has 7 heteroatoms. The van der Waals surface area contributed by atoms with Crippen molar-refractivity contribution in [2.45, 2.75) is 40.2 Å². The summed E-state index contributed by atoms with van der Waals surface area (Å²) >= 11 is 0. The molecule has 0 aliphatic rings. The first-order valence-corrected chi connectivity index (χ1v) is 8.84. The molecule has 144 valence electrons. The van der Waals surface area contributed by atoms with E-state index in [0.29, 0.717) is 23.0 Å². The number of hydrogen-bond donors (Lipinski definition) is 1. The minimum atomic E-state index is -0.669. The minimum absolute atomic E-state index is 0.0720. The summed E-state index contributed by atoms with van der Waals surface area (Å²) < 4.78 is 20.2. The van der Waals surface area contributed by atoms with Crippen LogP contribution < -0.4 is 5.56 Å². The predicted molar refractivity (Wildman–Crippen MR) is 101 cm³/mol. The zero-order valence-corrected chi connectivity index (χ0v) is 16.0. The number of hydrogen-bond acceptors (Lipinski definition) is 5. The van der Waals surface area contributed by atoms with E-state index in [0.717, 1.165) is 4.57 Å². The number of furan rings is 1. The van der Waals surface area contributed by atoms with Crippen LogP contribution in [0, 0.1) is 31.0 Å². The molecule has 1 N–H and O–H groups in total. The van der Waals surface area contributed by atoms with Gasteiger partial charge in [-0.05, 0) is 51.0 Å². The van der Waals surface area contributed by atoms with E-state index in [1.54, 1.807) is 13.8 Å². The number of nitriles is 1. The maximum absolute atomic E-state index is 13.6. The summed E-state index contributed by atoms with van der Waals surface area (Å²) in [4.78, 5) is 25.8. The third kappa shape index (κ3) is 2.78. The van der Waals surface area contributed by atoms with E-state index in [2.05, 4.69) is 0 Å². The van der Waals surface area contributed by atoms with Gasteiger partial charge in [-0.25, -0.2) is 4.39 Å². The van der Waals surface area contributed by atoms with Crippen molar-refractivity contribution < 1.29 is 18.7 Å². The summed E-state index contributed by atoms with van der Waals surface area (Å²) in [6.45, 7) is 6.58. The largest absolute Gasteiger partial charge is 0.494 e. The molecule has 6 nitrogen and oxygen atoms in total. The number of aromatic hydroxyl groups is 1. The second kappa shape index (κ2) is 6.97. The van der Waals surface area contributed by atoms with E-state index in [9.17, 15) is 24.3 Å². The molecule has 0 saturated heterocycles. The summed E-state index contributed by atoms with van der Waals surface area (Å²) in [7, 11) is 0. The van der Waals surface area contributed by atoms with Crippen molar-refractivity contribution in [1.82, 2.24) is 4.57 Å². The van der Waals surface area contributed by atoms with Crippen LogP contribution in [0.15, 0.2) is 27.4 Å². The molecule has 0 spiro atoms. The van der Waals surface area contributed by atoms with Gasteiger partial charge in [0.2, 0.25) is 11.7 Å². The Bertz CT molecular complexity index is 1210. The topological polar surface area (TPSA) is 96.2 Å². The van der Waals surface area contributed by atoms with Crippen molar-refractivity contribution in [3.63, 3.8) is 0 Å². The Morgan fingerprint density at radius 1 is 1.36 bits per heavy atom. The molecule has 3 aromatic rings. The van der Waals surface area contributed by atoms with Crippen molar-refractivity contribution in [2.24, 2.45) is 0 Å². The van der Waals surface area contributed by atoms with Crippen molar-refractivity contribution in [3.8, 4) is 11.9 Å². The molecule has 0 bridgehead atoms. The number of aryl methyl sites for hydroxylation is 1. The Morgan fingerprint density at radius 2 is 2.04 bits per heavy atom. The van der Waals surface area contributed by atoms with E-state index in [4.69, 9.17) is 4.42 Å². The monoisotopic (exact) mass is 382 g/mol. The zero-order valence-electron chi connectivity index (χ0n) is 16.0. The lowest BCUT2D eigenvalue weighted by Crippen LogP contribution is -2.28. The molecule has 3 rings (SSSR count). The number of ketones is 1. The van der Waals surface area contributed by atoms with Crippen molar-refractivity contribution in [1.29, 1.82) is 5.26 Å². The number of carbonyl (C=O) groups is 1. The molecule has 2 heterocycles. The Balaban J connectivity index is 2.32. The quantitative estimate of drug-likeness (QED) is 0.685. The fourth-order valence-corrected chi connectivity index (χ4v) is 3.31. The second-order valence-electron chi connectivity index (χ2n) is 6.77. The molecular weight excluding hydrogens is 363 g/mol. The van der Waals surface area contributed by atoms with Crippen molar-refractivity contribution in [3.05, 3.63) is 62.4 Å². The third-order valence-corrected chi connectivity index (χ3v) is 5.11. The van der Waals surface area contributed by atoms with Crippen LogP contribution >= 0.6 is 0 Å². The van der Waals surface area contributed by atoms with Crippen LogP contribution in [0.4, 0.5) is 4.39 Å². The fourth-order valence-electron chi connectivity index (χ4n) is 3.31. The molecule has 0 fully saturated rings. The number of aromatic nitrogens is 1. The number of carbonyl (C=O) groups excluding carboxylic acids is 1. The van der Waals surface area contributed by atoms with Gasteiger partial charge in [0.15, 0.2) is 5.76 Å². The highest BCUT2D eigenvalue weighted by atomic mass is 19.1. The molecular formula is C21H19FN2O4. The highest BCUT2D eigenvalue weighted by Gasteiger charge is 2.29. The van der Waals surface area contributed by atoms with E-state index in [-0.39, 0.29) is 22.5 Å². The molecule has 2 aromatic heterocycles. The standard InChI is InChI=1S/C21H19FN2O4/c1-5-10(2)24-20(26)15(9-23)11(3)17(21(24)27)18(25)19-12(4)14-8-13(22)6-7-16(14)28-19/h6-8,10,27H,5H2,1-4H3. The zero-order chi connectivity index (χ0) is 20.7. The first-order valence-electron chi connectivity index (χ1n) is 8.84. The van der Waals surface area contributed by atoms with E-state index < -0.39 is 29.1 Å². The van der Waals surface area contributed by atoms with Crippen LogP contribution in [0.2, 0.25) is 0 Å². The Kier molecular flexibility index (Phi) is 4.82. The highest BCUT2D eigenvalue weighted by Crippen LogP contribution is 2.32. The second-order valence-corrected chi connectivity index (χ2v) is 6.77. The van der Waals surface area contributed by atoms with E-state index in [1.807, 2.05) is 13.0 Å². The van der Waals surface area contributed by atoms with Gasteiger partial charge in [-0.3, -0.25) is 14.2 Å². The molecule has 0 amide bonds. The number of rotatable bonds is 4. The lowest BCUT2D eigenvalue weighted by molar-refractivity contribution is 0.100. The first kappa shape index (κ1) is 19.4. The summed E-state index contributed by atoms with van der Waals surface area (Å²) in [5, 5.41) is 20.6. The third-order valence-electron chi connectivity index (χ3n) is 5.11. The maximum Gasteiger partial charge on any atom is 0.271 e. The van der Waals surface area contributed by atoms with Gasteiger partial charge in [0.1, 0.15) is 23.0 Å². The maximum atomic E-state index is 13.6. The predicted octanol–water partition coefficient (Wildman–Crippen LogP) is 4.13. The van der Waals surface area contributed by atoms with Gasteiger partial charge in [-0.2, -0.15) is 5.26 Å². The van der Waals surface area contributed by atoms with Crippen LogP contribution in [0.3, 0.4) is 0 Å². The van der Waals surface area contributed by atoms with Gasteiger partial charge < -0.3 is 9.52 Å². The number of halogens is 1. The lowest BCUT2D eigenvalue weighted by atomic mass is 9.98. The number of nitrogens with zero attached hydrogens (tertiary/aromatic N) is 2. The van der Waals surface area contributed by atoms with Crippen LogP contribution in [0.25, 0.3) is 11.0 Å². The number of pyridine rings is 1. The van der Waals surface area contributed by atoms with Crippen LogP contribution in [0.1, 0.15) is 59.1 Å². The molecule has 1 aromatic carbocycles. The highest BCUT2D eigenvalue weighted by molar-refractivity contribution is 6.12. The van der Waals surface area contributed by atoms with Crippen LogP contribution in [0.5, 0.6) is 5.88 Å². The Hall–Kier alpha value is -3.40. The average molecular weight is 382 g/mol. The van der Waals surface area contributed by atoms with E-state index >= 15 is 0 Å². The van der Waals surface area contributed by atoms with Gasteiger partial charge in [0, 0.05) is 17.0 Å². The van der Waals surface area contributed by atoms with E-state index in [1.165, 1.54) is 25.1 Å². The summed E-state index contributed by atoms with van der Waals surface area (Å²) in [5.41, 5.74) is -0.194. The molecule has 0 radical (unpaired) electrons. The van der Waals surface area contributed by atoms with Crippen LogP contribution in [-0.2, 0) is 0 Å². The normalized spacial score (nSPS) is 12.1. The van der Waals surface area contributed by atoms with Gasteiger partial charge in [0.25, 0.3) is 5.56 Å². The van der Waals surface area contributed by atoms with Crippen LogP contribution in [-0.4, -0.2) is 15.5 Å². The lowest BCUT2D eigenvalue weighted by Gasteiger charge is -2.19. The first-order chi connectivity index (χ1) is 13.2.